The Bertz CT molecular complexity index is 610. The molecule has 2 aromatic rings. The molecule has 2 unspecified atom stereocenters. The van der Waals surface area contributed by atoms with Gasteiger partial charge in [0.05, 0.1) is 12.2 Å². The Hall–Kier alpha value is -1.39. The van der Waals surface area contributed by atoms with E-state index >= 15 is 0 Å². The minimum atomic E-state index is 0.104. The Morgan fingerprint density at radius 1 is 1.10 bits per heavy atom. The standard InChI is InChI=1S/C15H17ClN2O2/c1-9-7-11(8-10(2)19-9)20-15-13-6-4-3-5-12(13)14(16)17-18-15/h3-6,9-11H,7-8H2,1-2H3. The Labute approximate surface area is 123 Å². The molecule has 5 heteroatoms. The molecule has 1 aromatic carbocycles. The van der Waals surface area contributed by atoms with E-state index in [9.17, 15) is 0 Å². The SMILES string of the molecule is CC1CC(Oc2nnc(Cl)c3ccccc23)CC(C)O1. The van der Waals surface area contributed by atoms with Crippen LogP contribution in [0.2, 0.25) is 5.15 Å². The average molecular weight is 293 g/mol. The molecule has 1 aliphatic heterocycles. The summed E-state index contributed by atoms with van der Waals surface area (Å²) in [6.45, 7) is 4.13. The van der Waals surface area contributed by atoms with E-state index in [1.807, 2.05) is 24.3 Å². The van der Waals surface area contributed by atoms with Crippen molar-refractivity contribution in [2.75, 3.05) is 0 Å². The van der Waals surface area contributed by atoms with Crippen LogP contribution in [0, 0.1) is 0 Å². The number of rotatable bonds is 2. The predicted octanol–water partition coefficient (Wildman–Crippen LogP) is 3.62. The van der Waals surface area contributed by atoms with Gasteiger partial charge < -0.3 is 9.47 Å². The van der Waals surface area contributed by atoms with Crippen LogP contribution < -0.4 is 4.74 Å². The maximum Gasteiger partial charge on any atom is 0.241 e. The molecule has 1 fully saturated rings. The van der Waals surface area contributed by atoms with Crippen LogP contribution in [-0.4, -0.2) is 28.5 Å². The first kappa shape index (κ1) is 13.6. The van der Waals surface area contributed by atoms with Crippen molar-refractivity contribution in [1.29, 1.82) is 0 Å². The Kier molecular flexibility index (Phi) is 3.76. The van der Waals surface area contributed by atoms with E-state index < -0.39 is 0 Å². The molecule has 0 radical (unpaired) electrons. The lowest BCUT2D eigenvalue weighted by atomic mass is 10.0. The normalized spacial score (nSPS) is 26.6. The van der Waals surface area contributed by atoms with Crippen molar-refractivity contribution in [2.24, 2.45) is 0 Å². The monoisotopic (exact) mass is 292 g/mol. The highest BCUT2D eigenvalue weighted by Gasteiger charge is 2.26. The van der Waals surface area contributed by atoms with Crippen LogP contribution in [0.5, 0.6) is 5.88 Å². The highest BCUT2D eigenvalue weighted by Crippen LogP contribution is 2.30. The molecule has 3 rings (SSSR count). The van der Waals surface area contributed by atoms with Crippen molar-refractivity contribution < 1.29 is 9.47 Å². The number of halogens is 1. The number of benzene rings is 1. The number of fused-ring (bicyclic) bond motifs is 1. The predicted molar refractivity (Wildman–Crippen MR) is 78.2 cm³/mol. The van der Waals surface area contributed by atoms with E-state index in [2.05, 4.69) is 24.0 Å². The summed E-state index contributed by atoms with van der Waals surface area (Å²) in [4.78, 5) is 0. The number of nitrogens with zero attached hydrogens (tertiary/aromatic N) is 2. The molecule has 2 heterocycles. The van der Waals surface area contributed by atoms with Crippen LogP contribution in [0.25, 0.3) is 10.8 Å². The third-order valence-corrected chi connectivity index (χ3v) is 3.82. The van der Waals surface area contributed by atoms with Crippen molar-refractivity contribution >= 4 is 22.4 Å². The van der Waals surface area contributed by atoms with Gasteiger partial charge in [0, 0.05) is 23.6 Å². The zero-order valence-corrected chi connectivity index (χ0v) is 12.3. The van der Waals surface area contributed by atoms with E-state index in [0.717, 1.165) is 23.6 Å². The van der Waals surface area contributed by atoms with Crippen molar-refractivity contribution in [3.63, 3.8) is 0 Å². The van der Waals surface area contributed by atoms with Crippen molar-refractivity contribution in [3.05, 3.63) is 29.4 Å². The topological polar surface area (TPSA) is 44.2 Å². The average Bonchev–Trinajstić information content (AvgIpc) is 2.41. The van der Waals surface area contributed by atoms with E-state index in [1.54, 1.807) is 0 Å². The number of ether oxygens (including phenoxy) is 2. The number of aromatic nitrogens is 2. The molecule has 1 saturated heterocycles. The summed E-state index contributed by atoms with van der Waals surface area (Å²) in [5.41, 5.74) is 0. The zero-order valence-electron chi connectivity index (χ0n) is 11.5. The van der Waals surface area contributed by atoms with Gasteiger partial charge >= 0.3 is 0 Å². The van der Waals surface area contributed by atoms with Gasteiger partial charge in [-0.05, 0) is 19.9 Å². The Morgan fingerprint density at radius 3 is 2.45 bits per heavy atom. The second-order valence-corrected chi connectivity index (χ2v) is 5.67. The molecular formula is C15H17ClN2O2. The first-order chi connectivity index (χ1) is 9.63. The van der Waals surface area contributed by atoms with Gasteiger partial charge in [0.1, 0.15) is 6.10 Å². The molecule has 4 nitrogen and oxygen atoms in total. The van der Waals surface area contributed by atoms with Crippen LogP contribution >= 0.6 is 11.6 Å². The summed E-state index contributed by atoms with van der Waals surface area (Å²) in [6.07, 6.45) is 2.24. The quantitative estimate of drug-likeness (QED) is 0.848. The van der Waals surface area contributed by atoms with Crippen LogP contribution in [0.1, 0.15) is 26.7 Å². The smallest absolute Gasteiger partial charge is 0.241 e. The van der Waals surface area contributed by atoms with E-state index in [4.69, 9.17) is 21.1 Å². The minimum absolute atomic E-state index is 0.104. The molecule has 0 N–H and O–H groups in total. The third-order valence-electron chi connectivity index (χ3n) is 3.54. The second-order valence-electron chi connectivity index (χ2n) is 5.31. The fourth-order valence-corrected chi connectivity index (χ4v) is 2.93. The maximum absolute atomic E-state index is 6.07. The van der Waals surface area contributed by atoms with Crippen LogP contribution in [0.4, 0.5) is 0 Å². The van der Waals surface area contributed by atoms with Crippen LogP contribution in [0.3, 0.4) is 0 Å². The largest absolute Gasteiger partial charge is 0.473 e. The lowest BCUT2D eigenvalue weighted by Gasteiger charge is -2.32. The van der Waals surface area contributed by atoms with Crippen LogP contribution in [0.15, 0.2) is 24.3 Å². The van der Waals surface area contributed by atoms with Crippen molar-refractivity contribution in [1.82, 2.24) is 10.2 Å². The minimum Gasteiger partial charge on any atom is -0.473 e. The molecule has 1 aromatic heterocycles. The second kappa shape index (κ2) is 5.54. The molecule has 0 aliphatic carbocycles. The zero-order chi connectivity index (χ0) is 14.1. The van der Waals surface area contributed by atoms with Gasteiger partial charge in [-0.1, -0.05) is 29.8 Å². The third kappa shape index (κ3) is 2.72. The summed E-state index contributed by atoms with van der Waals surface area (Å²) in [5, 5.41) is 10.2. The van der Waals surface area contributed by atoms with Gasteiger partial charge in [-0.15, -0.1) is 10.2 Å². The van der Waals surface area contributed by atoms with Gasteiger partial charge in [0.15, 0.2) is 5.15 Å². The molecule has 1 aliphatic rings. The molecule has 0 saturated carbocycles. The summed E-state index contributed by atoms with van der Waals surface area (Å²) >= 11 is 6.07. The lowest BCUT2D eigenvalue weighted by molar-refractivity contribution is -0.0728. The van der Waals surface area contributed by atoms with E-state index in [-0.39, 0.29) is 18.3 Å². The molecule has 106 valence electrons. The first-order valence-corrected chi connectivity index (χ1v) is 7.24. The summed E-state index contributed by atoms with van der Waals surface area (Å²) in [5.74, 6) is 0.552. The molecule has 20 heavy (non-hydrogen) atoms. The van der Waals surface area contributed by atoms with Gasteiger partial charge in [-0.3, -0.25) is 0 Å². The highest BCUT2D eigenvalue weighted by molar-refractivity contribution is 6.34. The molecule has 0 bridgehead atoms. The van der Waals surface area contributed by atoms with Gasteiger partial charge in [-0.2, -0.15) is 0 Å². The molecule has 0 spiro atoms. The lowest BCUT2D eigenvalue weighted by Crippen LogP contribution is -2.35. The summed E-state index contributed by atoms with van der Waals surface area (Å²) in [7, 11) is 0. The van der Waals surface area contributed by atoms with Crippen molar-refractivity contribution in [2.45, 2.75) is 45.0 Å². The number of hydrogen-bond donors (Lipinski definition) is 0. The molecular weight excluding hydrogens is 276 g/mol. The number of hydrogen-bond acceptors (Lipinski definition) is 4. The summed E-state index contributed by atoms with van der Waals surface area (Å²) < 4.78 is 11.8. The highest BCUT2D eigenvalue weighted by atomic mass is 35.5. The fourth-order valence-electron chi connectivity index (χ4n) is 2.73. The molecule has 2 atom stereocenters. The Balaban J connectivity index is 1.89. The van der Waals surface area contributed by atoms with Gasteiger partial charge in [0.2, 0.25) is 5.88 Å². The van der Waals surface area contributed by atoms with Gasteiger partial charge in [-0.25, -0.2) is 0 Å². The van der Waals surface area contributed by atoms with Crippen molar-refractivity contribution in [3.8, 4) is 5.88 Å². The summed E-state index contributed by atoms with van der Waals surface area (Å²) in [6, 6.07) is 7.76. The first-order valence-electron chi connectivity index (χ1n) is 6.86. The molecule has 0 amide bonds. The maximum atomic E-state index is 6.07. The van der Waals surface area contributed by atoms with Crippen LogP contribution in [-0.2, 0) is 4.74 Å². The fraction of sp³-hybridized carbons (Fsp3) is 0.467. The van der Waals surface area contributed by atoms with E-state index in [1.165, 1.54) is 0 Å². The van der Waals surface area contributed by atoms with Gasteiger partial charge in [0.25, 0.3) is 0 Å². The van der Waals surface area contributed by atoms with E-state index in [0.29, 0.717) is 11.0 Å². The Morgan fingerprint density at radius 2 is 1.75 bits per heavy atom.